The van der Waals surface area contributed by atoms with Crippen LogP contribution in [-0.2, 0) is 0 Å². The van der Waals surface area contributed by atoms with Crippen LogP contribution in [0.3, 0.4) is 0 Å². The molecule has 0 saturated heterocycles. The Balaban J connectivity index is 1.70. The van der Waals surface area contributed by atoms with E-state index >= 15 is 0 Å². The molecule has 0 aliphatic rings. The van der Waals surface area contributed by atoms with Crippen LogP contribution >= 0.6 is 0 Å². The maximum Gasteiger partial charge on any atom is 0.270 e. The number of pyridine rings is 1. The molecule has 0 atom stereocenters. The van der Waals surface area contributed by atoms with Crippen molar-refractivity contribution >= 4 is 28.7 Å². The Hall–Kier alpha value is -4.73. The van der Waals surface area contributed by atoms with Crippen LogP contribution in [0.4, 0.5) is 5.95 Å². The topological polar surface area (TPSA) is 116 Å². The number of aliphatic imine (C=N–C) groups is 1. The van der Waals surface area contributed by atoms with Gasteiger partial charge in [-0.1, -0.05) is 18.2 Å². The second-order valence-corrected chi connectivity index (χ2v) is 7.88. The maximum atomic E-state index is 13.4. The lowest BCUT2D eigenvalue weighted by Crippen LogP contribution is -2.20. The van der Waals surface area contributed by atoms with Gasteiger partial charge in [0.1, 0.15) is 0 Å². The summed E-state index contributed by atoms with van der Waals surface area (Å²) >= 11 is 0. The first-order valence-corrected chi connectivity index (χ1v) is 10.8. The summed E-state index contributed by atoms with van der Waals surface area (Å²) in [6.45, 7) is 3.79. The Morgan fingerprint density at radius 2 is 1.71 bits per heavy atom. The van der Waals surface area contributed by atoms with Crippen molar-refractivity contribution in [2.45, 2.75) is 13.8 Å². The van der Waals surface area contributed by atoms with E-state index in [-0.39, 0.29) is 17.4 Å². The van der Waals surface area contributed by atoms with Gasteiger partial charge in [0.25, 0.3) is 17.3 Å². The number of hydrogen-bond donors (Lipinski definition) is 1. The van der Waals surface area contributed by atoms with E-state index in [1.54, 1.807) is 47.0 Å². The van der Waals surface area contributed by atoms with Gasteiger partial charge in [-0.2, -0.15) is 9.50 Å². The van der Waals surface area contributed by atoms with Gasteiger partial charge in [0.05, 0.1) is 25.5 Å². The molecule has 0 spiro atoms. The lowest BCUT2D eigenvalue weighted by Gasteiger charge is -2.15. The van der Waals surface area contributed by atoms with Gasteiger partial charge in [-0.25, -0.2) is 14.5 Å². The van der Waals surface area contributed by atoms with Crippen LogP contribution in [0.1, 0.15) is 17.0 Å². The van der Waals surface area contributed by atoms with Crippen molar-refractivity contribution in [1.29, 1.82) is 0 Å². The van der Waals surface area contributed by atoms with Crippen molar-refractivity contribution < 1.29 is 14.6 Å². The third-order valence-corrected chi connectivity index (χ3v) is 5.64. The standard InChI is InChI=1S/C25H22N6O4/c1-14-11-15(2)31-25(27-14)28-24(29-31)26-13-19-17-7-5-6-8-18(17)22(32)30(23(19)33)16-9-10-20(34-3)21(12-16)35-4/h5-13,33H,1-4H3. The zero-order valence-corrected chi connectivity index (χ0v) is 19.6. The van der Waals surface area contributed by atoms with E-state index in [1.807, 2.05) is 19.9 Å². The van der Waals surface area contributed by atoms with Gasteiger partial charge < -0.3 is 14.6 Å². The van der Waals surface area contributed by atoms with Gasteiger partial charge in [0.15, 0.2) is 11.5 Å². The fourth-order valence-electron chi connectivity index (χ4n) is 4.03. The molecule has 10 heteroatoms. The Morgan fingerprint density at radius 3 is 2.46 bits per heavy atom. The largest absolute Gasteiger partial charge is 0.494 e. The lowest BCUT2D eigenvalue weighted by molar-refractivity contribution is 0.354. The average molecular weight is 470 g/mol. The minimum absolute atomic E-state index is 0.179. The third-order valence-electron chi connectivity index (χ3n) is 5.64. The number of aryl methyl sites for hydroxylation is 2. The predicted molar refractivity (Wildman–Crippen MR) is 132 cm³/mol. The normalized spacial score (nSPS) is 11.5. The van der Waals surface area contributed by atoms with Gasteiger partial charge in [-0.05, 0) is 38.1 Å². The SMILES string of the molecule is COc1ccc(-n2c(O)c(C=Nc3nc4nc(C)cc(C)n4n3)c3ccccc3c2=O)cc1OC. The van der Waals surface area contributed by atoms with E-state index in [0.29, 0.717) is 39.3 Å². The first-order chi connectivity index (χ1) is 16.9. The average Bonchev–Trinajstić information content (AvgIpc) is 3.27. The van der Waals surface area contributed by atoms with E-state index in [2.05, 4.69) is 20.1 Å². The van der Waals surface area contributed by atoms with Gasteiger partial charge in [-0.15, -0.1) is 5.10 Å². The lowest BCUT2D eigenvalue weighted by atomic mass is 10.1. The fourth-order valence-corrected chi connectivity index (χ4v) is 4.03. The molecule has 10 nitrogen and oxygen atoms in total. The maximum absolute atomic E-state index is 13.4. The molecule has 0 bridgehead atoms. The monoisotopic (exact) mass is 470 g/mol. The van der Waals surface area contributed by atoms with E-state index in [1.165, 1.54) is 25.0 Å². The summed E-state index contributed by atoms with van der Waals surface area (Å²) in [4.78, 5) is 26.5. The summed E-state index contributed by atoms with van der Waals surface area (Å²) in [5, 5.41) is 16.6. The zero-order chi connectivity index (χ0) is 24.7. The van der Waals surface area contributed by atoms with E-state index in [4.69, 9.17) is 9.47 Å². The smallest absolute Gasteiger partial charge is 0.270 e. The van der Waals surface area contributed by atoms with Crippen molar-refractivity contribution in [3.63, 3.8) is 0 Å². The number of aromatic nitrogens is 5. The van der Waals surface area contributed by atoms with Gasteiger partial charge >= 0.3 is 0 Å². The highest BCUT2D eigenvalue weighted by Gasteiger charge is 2.18. The fraction of sp³-hybridized carbons (Fsp3) is 0.160. The number of ether oxygens (including phenoxy) is 2. The van der Waals surface area contributed by atoms with Crippen LogP contribution in [-0.4, -0.2) is 49.7 Å². The van der Waals surface area contributed by atoms with Gasteiger partial charge in [0.2, 0.25) is 5.88 Å². The summed E-state index contributed by atoms with van der Waals surface area (Å²) in [6.07, 6.45) is 1.45. The van der Waals surface area contributed by atoms with Gasteiger partial charge in [0, 0.05) is 34.4 Å². The second-order valence-electron chi connectivity index (χ2n) is 7.88. The van der Waals surface area contributed by atoms with Crippen LogP contribution < -0.4 is 15.0 Å². The number of fused-ring (bicyclic) bond motifs is 2. The van der Waals surface area contributed by atoms with E-state index in [0.717, 1.165) is 11.4 Å². The molecule has 0 radical (unpaired) electrons. The summed E-state index contributed by atoms with van der Waals surface area (Å²) in [5.74, 6) is 1.26. The quantitative estimate of drug-likeness (QED) is 0.391. The molecule has 35 heavy (non-hydrogen) atoms. The number of hydrogen-bond acceptors (Lipinski definition) is 8. The molecule has 0 unspecified atom stereocenters. The molecular weight excluding hydrogens is 448 g/mol. The minimum Gasteiger partial charge on any atom is -0.494 e. The summed E-state index contributed by atoms with van der Waals surface area (Å²) < 4.78 is 13.5. The molecule has 5 aromatic rings. The third kappa shape index (κ3) is 3.74. The number of methoxy groups -OCH3 is 2. The van der Waals surface area contributed by atoms with Crippen LogP contribution in [0.25, 0.3) is 22.2 Å². The predicted octanol–water partition coefficient (Wildman–Crippen LogP) is 3.52. The molecule has 0 saturated carbocycles. The van der Waals surface area contributed by atoms with Crippen LogP contribution in [0.15, 0.2) is 58.3 Å². The summed E-state index contributed by atoms with van der Waals surface area (Å²) in [6, 6.07) is 13.9. The molecule has 5 rings (SSSR count). The summed E-state index contributed by atoms with van der Waals surface area (Å²) in [5.41, 5.74) is 2.06. The van der Waals surface area contributed by atoms with E-state index in [9.17, 15) is 9.90 Å². The Labute approximate surface area is 199 Å². The highest BCUT2D eigenvalue weighted by Crippen LogP contribution is 2.32. The molecule has 0 fully saturated rings. The van der Waals surface area contributed by atoms with Crippen LogP contribution in [0.5, 0.6) is 17.4 Å². The second kappa shape index (κ2) is 8.56. The highest BCUT2D eigenvalue weighted by molar-refractivity contribution is 6.02. The van der Waals surface area contributed by atoms with Crippen LogP contribution in [0, 0.1) is 13.8 Å². The molecule has 1 N–H and O–H groups in total. The number of benzene rings is 2. The number of aromatic hydroxyl groups is 1. The van der Waals surface area contributed by atoms with Crippen molar-refractivity contribution in [3.05, 3.63) is 75.8 Å². The molecule has 0 aliphatic heterocycles. The first-order valence-electron chi connectivity index (χ1n) is 10.8. The molecule has 0 aliphatic carbocycles. The van der Waals surface area contributed by atoms with Crippen molar-refractivity contribution in [2.24, 2.45) is 4.99 Å². The minimum atomic E-state index is -0.386. The van der Waals surface area contributed by atoms with Gasteiger partial charge in [-0.3, -0.25) is 4.79 Å². The van der Waals surface area contributed by atoms with Crippen molar-refractivity contribution in [2.75, 3.05) is 14.2 Å². The molecule has 0 amide bonds. The molecule has 2 aromatic carbocycles. The Morgan fingerprint density at radius 1 is 0.971 bits per heavy atom. The van der Waals surface area contributed by atoms with Crippen molar-refractivity contribution in [3.8, 4) is 23.1 Å². The van der Waals surface area contributed by atoms with Crippen molar-refractivity contribution in [1.82, 2.24) is 24.1 Å². The first kappa shape index (κ1) is 22.1. The van der Waals surface area contributed by atoms with E-state index < -0.39 is 0 Å². The number of rotatable bonds is 5. The highest BCUT2D eigenvalue weighted by atomic mass is 16.5. The Kier molecular flexibility index (Phi) is 5.40. The zero-order valence-electron chi connectivity index (χ0n) is 19.6. The molecule has 3 aromatic heterocycles. The summed E-state index contributed by atoms with van der Waals surface area (Å²) in [7, 11) is 3.03. The Bertz CT molecular complexity index is 1690. The molecule has 3 heterocycles. The van der Waals surface area contributed by atoms with Crippen LogP contribution in [0.2, 0.25) is 0 Å². The number of nitrogens with zero attached hydrogens (tertiary/aromatic N) is 6. The molecule has 176 valence electrons. The molecular formula is C25H22N6O4.